The number of amides is 1. The number of ether oxygens (including phenoxy) is 1. The second kappa shape index (κ2) is 8.78. The zero-order chi connectivity index (χ0) is 20.2. The van der Waals surface area contributed by atoms with Crippen molar-refractivity contribution in [3.8, 4) is 17.1 Å². The van der Waals surface area contributed by atoms with E-state index < -0.39 is 6.10 Å². The predicted octanol–water partition coefficient (Wildman–Crippen LogP) is 4.46. The van der Waals surface area contributed by atoms with E-state index in [2.05, 4.69) is 37.5 Å². The average molecular weight is 456 g/mol. The van der Waals surface area contributed by atoms with E-state index in [4.69, 9.17) is 9.26 Å². The van der Waals surface area contributed by atoms with Gasteiger partial charge in [-0.1, -0.05) is 45.4 Å². The molecule has 3 aromatic rings. The van der Waals surface area contributed by atoms with Crippen LogP contribution in [-0.4, -0.2) is 22.2 Å². The minimum absolute atomic E-state index is 0.153. The molecule has 1 atom stereocenters. The van der Waals surface area contributed by atoms with E-state index in [0.29, 0.717) is 11.7 Å². The van der Waals surface area contributed by atoms with E-state index in [1.54, 1.807) is 6.92 Å². The number of carbonyl (C=O) groups excluding carboxylic acids is 1. The largest absolute Gasteiger partial charge is 0.481 e. The SMILES string of the molecule is CC(Oc1cccc2c1CCCC2)C(=O)NCc1nc(-c2cccc(Br)c2)no1. The molecule has 1 amide bonds. The molecule has 1 unspecified atom stereocenters. The molecule has 150 valence electrons. The van der Waals surface area contributed by atoms with Gasteiger partial charge in [-0.05, 0) is 61.9 Å². The van der Waals surface area contributed by atoms with E-state index in [-0.39, 0.29) is 12.5 Å². The highest BCUT2D eigenvalue weighted by Crippen LogP contribution is 2.30. The van der Waals surface area contributed by atoms with Crippen LogP contribution in [0.2, 0.25) is 0 Å². The van der Waals surface area contributed by atoms with E-state index in [1.165, 1.54) is 17.5 Å². The Morgan fingerprint density at radius 2 is 2.07 bits per heavy atom. The fourth-order valence-corrected chi connectivity index (χ4v) is 3.88. The first-order valence-corrected chi connectivity index (χ1v) is 10.5. The Kier molecular flexibility index (Phi) is 5.94. The van der Waals surface area contributed by atoms with E-state index in [0.717, 1.165) is 35.0 Å². The lowest BCUT2D eigenvalue weighted by atomic mass is 9.91. The van der Waals surface area contributed by atoms with Crippen molar-refractivity contribution >= 4 is 21.8 Å². The van der Waals surface area contributed by atoms with Crippen molar-refractivity contribution in [2.75, 3.05) is 0 Å². The van der Waals surface area contributed by atoms with E-state index >= 15 is 0 Å². The highest BCUT2D eigenvalue weighted by atomic mass is 79.9. The Morgan fingerprint density at radius 1 is 1.24 bits per heavy atom. The summed E-state index contributed by atoms with van der Waals surface area (Å²) in [4.78, 5) is 16.8. The molecule has 0 saturated carbocycles. The van der Waals surface area contributed by atoms with Crippen LogP contribution in [0.1, 0.15) is 36.8 Å². The molecule has 7 heteroatoms. The molecule has 0 radical (unpaired) electrons. The lowest BCUT2D eigenvalue weighted by molar-refractivity contribution is -0.127. The molecule has 1 aromatic heterocycles. The number of aryl methyl sites for hydroxylation is 1. The van der Waals surface area contributed by atoms with Crippen molar-refractivity contribution in [1.82, 2.24) is 15.5 Å². The maximum atomic E-state index is 12.5. The summed E-state index contributed by atoms with van der Waals surface area (Å²) in [5.74, 6) is 1.41. The second-order valence-electron chi connectivity index (χ2n) is 7.10. The van der Waals surface area contributed by atoms with Crippen LogP contribution in [0.3, 0.4) is 0 Å². The van der Waals surface area contributed by atoms with Gasteiger partial charge in [0.15, 0.2) is 6.10 Å². The summed E-state index contributed by atoms with van der Waals surface area (Å²) in [5.41, 5.74) is 3.40. The first kappa shape index (κ1) is 19.6. The van der Waals surface area contributed by atoms with Gasteiger partial charge in [-0.25, -0.2) is 0 Å². The summed E-state index contributed by atoms with van der Waals surface area (Å²) < 4.78 is 12.2. The Morgan fingerprint density at radius 3 is 2.93 bits per heavy atom. The number of fused-ring (bicyclic) bond motifs is 1. The number of rotatable bonds is 6. The predicted molar refractivity (Wildman–Crippen MR) is 112 cm³/mol. The average Bonchev–Trinajstić information content (AvgIpc) is 3.21. The van der Waals surface area contributed by atoms with Gasteiger partial charge in [0.1, 0.15) is 5.75 Å². The quantitative estimate of drug-likeness (QED) is 0.593. The molecular weight excluding hydrogens is 434 g/mol. The minimum Gasteiger partial charge on any atom is -0.481 e. The smallest absolute Gasteiger partial charge is 0.261 e. The fraction of sp³-hybridized carbons (Fsp3) is 0.318. The van der Waals surface area contributed by atoms with Crippen LogP contribution in [0.4, 0.5) is 0 Å². The van der Waals surface area contributed by atoms with Crippen LogP contribution in [0.15, 0.2) is 51.5 Å². The summed E-state index contributed by atoms with van der Waals surface area (Å²) in [6.45, 7) is 1.90. The van der Waals surface area contributed by atoms with Crippen molar-refractivity contribution in [2.45, 2.75) is 45.3 Å². The Labute approximate surface area is 177 Å². The maximum absolute atomic E-state index is 12.5. The third kappa shape index (κ3) is 4.67. The van der Waals surface area contributed by atoms with Gasteiger partial charge in [-0.2, -0.15) is 4.98 Å². The number of halogens is 1. The molecule has 6 nitrogen and oxygen atoms in total. The van der Waals surface area contributed by atoms with Gasteiger partial charge in [0.2, 0.25) is 11.7 Å². The van der Waals surface area contributed by atoms with Gasteiger partial charge in [-0.15, -0.1) is 0 Å². The standard InChI is InChI=1S/C22H22BrN3O3/c1-14(28-19-11-5-7-15-6-2-3-10-18(15)19)22(27)24-13-20-25-21(26-29-20)16-8-4-9-17(23)12-16/h4-5,7-9,11-12,14H,2-3,6,10,13H2,1H3,(H,24,27). The van der Waals surface area contributed by atoms with Crippen LogP contribution < -0.4 is 10.1 Å². The summed E-state index contributed by atoms with van der Waals surface area (Å²) >= 11 is 3.42. The first-order chi connectivity index (χ1) is 14.1. The minimum atomic E-state index is -0.615. The van der Waals surface area contributed by atoms with Crippen molar-refractivity contribution in [3.63, 3.8) is 0 Å². The zero-order valence-corrected chi connectivity index (χ0v) is 17.7. The molecule has 0 fully saturated rings. The highest BCUT2D eigenvalue weighted by molar-refractivity contribution is 9.10. The number of nitrogens with one attached hydrogen (secondary N) is 1. The molecule has 1 aliphatic carbocycles. The lowest BCUT2D eigenvalue weighted by Crippen LogP contribution is -2.36. The van der Waals surface area contributed by atoms with Gasteiger partial charge in [-0.3, -0.25) is 4.79 Å². The van der Waals surface area contributed by atoms with Crippen molar-refractivity contribution in [3.05, 3.63) is 64.0 Å². The molecule has 29 heavy (non-hydrogen) atoms. The number of carbonyl (C=O) groups is 1. The van der Waals surface area contributed by atoms with Crippen LogP contribution in [0, 0.1) is 0 Å². The van der Waals surface area contributed by atoms with Gasteiger partial charge in [0.05, 0.1) is 6.54 Å². The number of hydrogen-bond donors (Lipinski definition) is 1. The summed E-state index contributed by atoms with van der Waals surface area (Å²) in [6.07, 6.45) is 3.82. The number of aromatic nitrogens is 2. The van der Waals surface area contributed by atoms with Gasteiger partial charge >= 0.3 is 0 Å². The van der Waals surface area contributed by atoms with E-state index in [1.807, 2.05) is 36.4 Å². The molecule has 2 aromatic carbocycles. The van der Waals surface area contributed by atoms with Gasteiger partial charge in [0.25, 0.3) is 5.91 Å². The van der Waals surface area contributed by atoms with E-state index in [9.17, 15) is 4.79 Å². The normalized spacial score (nSPS) is 14.1. The van der Waals surface area contributed by atoms with Gasteiger partial charge < -0.3 is 14.6 Å². The molecule has 1 heterocycles. The third-order valence-corrected chi connectivity index (χ3v) is 5.48. The summed E-state index contributed by atoms with van der Waals surface area (Å²) in [7, 11) is 0. The second-order valence-corrected chi connectivity index (χ2v) is 8.02. The number of nitrogens with zero attached hydrogens (tertiary/aromatic N) is 2. The molecule has 0 aliphatic heterocycles. The van der Waals surface area contributed by atoms with Crippen molar-refractivity contribution in [2.24, 2.45) is 0 Å². The summed E-state index contributed by atoms with van der Waals surface area (Å²) in [5, 5.41) is 6.78. The third-order valence-electron chi connectivity index (χ3n) is 4.99. The fourth-order valence-electron chi connectivity index (χ4n) is 3.48. The topological polar surface area (TPSA) is 77.2 Å². The van der Waals surface area contributed by atoms with Crippen molar-refractivity contribution in [1.29, 1.82) is 0 Å². The molecule has 0 spiro atoms. The number of benzene rings is 2. The zero-order valence-electron chi connectivity index (χ0n) is 16.2. The van der Waals surface area contributed by atoms with Gasteiger partial charge in [0, 0.05) is 10.0 Å². The van der Waals surface area contributed by atoms with Crippen LogP contribution in [-0.2, 0) is 24.2 Å². The number of hydrogen-bond acceptors (Lipinski definition) is 5. The molecule has 0 saturated heterocycles. The molecule has 0 bridgehead atoms. The Balaban J connectivity index is 1.35. The van der Waals surface area contributed by atoms with Crippen LogP contribution >= 0.6 is 15.9 Å². The molecule has 4 rings (SSSR count). The van der Waals surface area contributed by atoms with Crippen molar-refractivity contribution < 1.29 is 14.1 Å². The van der Waals surface area contributed by atoms with Crippen LogP contribution in [0.5, 0.6) is 5.75 Å². The Hall–Kier alpha value is -2.67. The highest BCUT2D eigenvalue weighted by Gasteiger charge is 2.20. The monoisotopic (exact) mass is 455 g/mol. The molecule has 1 N–H and O–H groups in total. The lowest BCUT2D eigenvalue weighted by Gasteiger charge is -2.21. The maximum Gasteiger partial charge on any atom is 0.261 e. The summed E-state index contributed by atoms with van der Waals surface area (Å²) in [6, 6.07) is 13.7. The molecule has 1 aliphatic rings. The first-order valence-electron chi connectivity index (χ1n) is 9.74. The Bertz CT molecular complexity index is 1020. The van der Waals surface area contributed by atoms with Crippen LogP contribution in [0.25, 0.3) is 11.4 Å². The molecular formula is C22H22BrN3O3.